The monoisotopic (exact) mass is 264 g/mol. The van der Waals surface area contributed by atoms with E-state index < -0.39 is 11.7 Å². The highest BCUT2D eigenvalue weighted by atomic mass is 16.6. The summed E-state index contributed by atoms with van der Waals surface area (Å²) in [5, 5.41) is 0. The summed E-state index contributed by atoms with van der Waals surface area (Å²) in [5.41, 5.74) is -0.646. The number of nitrogens with zero attached hydrogens (tertiary/aromatic N) is 1. The second-order valence-electron chi connectivity index (χ2n) is 5.39. The van der Waals surface area contributed by atoms with Crippen molar-refractivity contribution in [2.45, 2.75) is 32.8 Å². The number of aromatic amines is 1. The highest BCUT2D eigenvalue weighted by Gasteiger charge is 2.31. The molecule has 1 amide bonds. The van der Waals surface area contributed by atoms with Crippen molar-refractivity contribution >= 4 is 17.7 Å². The number of Topliss-reactive ketones (excluding diaryl/α,β-unsaturated/α-hetero) is 1. The number of ether oxygens (including phenoxy) is 1. The molecule has 0 saturated heterocycles. The van der Waals surface area contributed by atoms with Crippen LogP contribution in [0.5, 0.6) is 0 Å². The number of hydrogen-bond donors (Lipinski definition) is 1. The van der Waals surface area contributed by atoms with Gasteiger partial charge in [0.2, 0.25) is 5.56 Å². The molecule has 1 aromatic heterocycles. The van der Waals surface area contributed by atoms with Crippen molar-refractivity contribution in [3.8, 4) is 0 Å². The smallest absolute Gasteiger partial charge is 0.415 e. The van der Waals surface area contributed by atoms with E-state index in [1.54, 1.807) is 20.8 Å². The summed E-state index contributed by atoms with van der Waals surface area (Å²) in [6.07, 6.45) is -0.346. The minimum absolute atomic E-state index is 0.0916. The van der Waals surface area contributed by atoms with E-state index in [1.165, 1.54) is 17.0 Å². The third kappa shape index (κ3) is 2.83. The average molecular weight is 264 g/mol. The van der Waals surface area contributed by atoms with Crippen LogP contribution in [0.4, 0.5) is 10.6 Å². The van der Waals surface area contributed by atoms with Crippen LogP contribution in [0.15, 0.2) is 16.9 Å². The second-order valence-corrected chi connectivity index (χ2v) is 5.39. The number of pyridine rings is 1. The maximum Gasteiger partial charge on any atom is 0.415 e. The number of carbonyl (C=O) groups excluding carboxylic acids is 2. The summed E-state index contributed by atoms with van der Waals surface area (Å²) in [6, 6.07) is 2.71. The van der Waals surface area contributed by atoms with Crippen molar-refractivity contribution in [1.82, 2.24) is 4.98 Å². The molecule has 0 atom stereocenters. The van der Waals surface area contributed by atoms with Gasteiger partial charge < -0.3 is 9.72 Å². The average Bonchev–Trinajstić information content (AvgIpc) is 2.26. The number of nitrogens with one attached hydrogen (secondary N) is 1. The number of aromatic nitrogens is 1. The molecular formula is C13H16N2O4. The van der Waals surface area contributed by atoms with Gasteiger partial charge in [0.25, 0.3) is 0 Å². The maximum atomic E-state index is 12.1. The van der Waals surface area contributed by atoms with E-state index in [1.807, 2.05) is 0 Å². The first-order chi connectivity index (χ1) is 8.78. The molecule has 102 valence electrons. The van der Waals surface area contributed by atoms with Gasteiger partial charge in [-0.3, -0.25) is 14.5 Å². The van der Waals surface area contributed by atoms with E-state index in [-0.39, 0.29) is 30.1 Å². The molecule has 0 fully saturated rings. The number of ketones is 1. The van der Waals surface area contributed by atoms with Crippen LogP contribution in [0.3, 0.4) is 0 Å². The quantitative estimate of drug-likeness (QED) is 0.773. The van der Waals surface area contributed by atoms with Gasteiger partial charge in [-0.1, -0.05) is 0 Å². The molecule has 2 heterocycles. The van der Waals surface area contributed by atoms with Gasteiger partial charge >= 0.3 is 6.09 Å². The fraction of sp³-hybridized carbons (Fsp3) is 0.462. The fourth-order valence-electron chi connectivity index (χ4n) is 1.86. The van der Waals surface area contributed by atoms with E-state index >= 15 is 0 Å². The van der Waals surface area contributed by atoms with Crippen molar-refractivity contribution in [2.24, 2.45) is 0 Å². The number of amides is 1. The lowest BCUT2D eigenvalue weighted by Gasteiger charge is -2.30. The van der Waals surface area contributed by atoms with Crippen molar-refractivity contribution in [3.05, 3.63) is 28.0 Å². The Morgan fingerprint density at radius 3 is 2.63 bits per heavy atom. The zero-order chi connectivity index (χ0) is 14.2. The minimum atomic E-state index is -0.631. The zero-order valence-corrected chi connectivity index (χ0v) is 11.1. The molecule has 0 unspecified atom stereocenters. The summed E-state index contributed by atoms with van der Waals surface area (Å²) in [5.74, 6) is 0.129. The number of rotatable bonds is 0. The number of anilines is 1. The largest absolute Gasteiger partial charge is 0.443 e. The van der Waals surface area contributed by atoms with Gasteiger partial charge in [0.1, 0.15) is 11.4 Å². The third-order valence-electron chi connectivity index (χ3n) is 2.64. The molecule has 1 N–H and O–H groups in total. The molecule has 0 radical (unpaired) electrons. The van der Waals surface area contributed by atoms with E-state index in [9.17, 15) is 14.4 Å². The van der Waals surface area contributed by atoms with Crippen LogP contribution >= 0.6 is 0 Å². The molecule has 2 rings (SSSR count). The van der Waals surface area contributed by atoms with Crippen LogP contribution in [0.25, 0.3) is 0 Å². The van der Waals surface area contributed by atoms with Crippen LogP contribution in [-0.2, 0) is 4.74 Å². The van der Waals surface area contributed by atoms with Gasteiger partial charge in [0.05, 0.1) is 5.56 Å². The predicted molar refractivity (Wildman–Crippen MR) is 69.6 cm³/mol. The normalized spacial score (nSPS) is 15.1. The van der Waals surface area contributed by atoms with E-state index in [2.05, 4.69) is 4.98 Å². The third-order valence-corrected chi connectivity index (χ3v) is 2.64. The standard InChI is InChI=1S/C13H16N2O4/c1-13(2,3)19-12(18)15-7-6-9(16)8-4-5-10(17)14-11(8)15/h4-5H,6-7H2,1-3H3,(H,14,17). The van der Waals surface area contributed by atoms with Crippen molar-refractivity contribution < 1.29 is 14.3 Å². The molecule has 0 saturated carbocycles. The summed E-state index contributed by atoms with van der Waals surface area (Å²) in [4.78, 5) is 39.0. The molecule has 19 heavy (non-hydrogen) atoms. The first-order valence-corrected chi connectivity index (χ1v) is 6.05. The van der Waals surface area contributed by atoms with Gasteiger partial charge in [-0.25, -0.2) is 4.79 Å². The van der Waals surface area contributed by atoms with Crippen molar-refractivity contribution in [1.29, 1.82) is 0 Å². The van der Waals surface area contributed by atoms with Crippen molar-refractivity contribution in [3.63, 3.8) is 0 Å². The Labute approximate surface area is 110 Å². The molecule has 6 nitrogen and oxygen atoms in total. The van der Waals surface area contributed by atoms with Gasteiger partial charge in [-0.2, -0.15) is 0 Å². The van der Waals surface area contributed by atoms with E-state index in [0.29, 0.717) is 5.56 Å². The molecule has 0 bridgehead atoms. The molecule has 1 aliphatic rings. The lowest BCUT2D eigenvalue weighted by atomic mass is 10.0. The fourth-order valence-corrected chi connectivity index (χ4v) is 1.86. The Hall–Kier alpha value is -2.11. The lowest BCUT2D eigenvalue weighted by Crippen LogP contribution is -2.42. The predicted octanol–water partition coefficient (Wildman–Crippen LogP) is 1.70. The highest BCUT2D eigenvalue weighted by Crippen LogP contribution is 2.25. The molecular weight excluding hydrogens is 248 g/mol. The summed E-state index contributed by atoms with van der Waals surface area (Å²) >= 11 is 0. The van der Waals surface area contributed by atoms with Gasteiger partial charge in [0.15, 0.2) is 5.78 Å². The Morgan fingerprint density at radius 1 is 1.32 bits per heavy atom. The lowest BCUT2D eigenvalue weighted by molar-refractivity contribution is 0.0576. The summed E-state index contributed by atoms with van der Waals surface area (Å²) in [6.45, 7) is 5.48. The summed E-state index contributed by atoms with van der Waals surface area (Å²) < 4.78 is 5.26. The number of H-pyrrole nitrogens is 1. The summed E-state index contributed by atoms with van der Waals surface area (Å²) in [7, 11) is 0. The highest BCUT2D eigenvalue weighted by molar-refractivity contribution is 6.06. The Bertz CT molecular complexity index is 583. The number of fused-ring (bicyclic) bond motifs is 1. The first kappa shape index (κ1) is 13.3. The zero-order valence-electron chi connectivity index (χ0n) is 11.1. The van der Waals surface area contributed by atoms with Crippen LogP contribution in [0, 0.1) is 0 Å². The topological polar surface area (TPSA) is 79.5 Å². The number of hydrogen-bond acceptors (Lipinski definition) is 4. The number of carbonyl (C=O) groups is 2. The first-order valence-electron chi connectivity index (χ1n) is 6.05. The van der Waals surface area contributed by atoms with Gasteiger partial charge in [0, 0.05) is 19.0 Å². The SMILES string of the molecule is CC(C)(C)OC(=O)N1CCC(=O)c2ccc(=O)[nH]c21. The maximum absolute atomic E-state index is 12.1. The molecule has 1 aromatic rings. The van der Waals surface area contributed by atoms with Crippen molar-refractivity contribution in [2.75, 3.05) is 11.4 Å². The molecule has 6 heteroatoms. The van der Waals surface area contributed by atoms with Gasteiger partial charge in [-0.05, 0) is 26.8 Å². The van der Waals surface area contributed by atoms with Crippen LogP contribution < -0.4 is 10.5 Å². The minimum Gasteiger partial charge on any atom is -0.443 e. The molecule has 0 spiro atoms. The van der Waals surface area contributed by atoms with Crippen LogP contribution in [-0.4, -0.2) is 29.0 Å². The van der Waals surface area contributed by atoms with E-state index in [4.69, 9.17) is 4.74 Å². The van der Waals surface area contributed by atoms with Gasteiger partial charge in [-0.15, -0.1) is 0 Å². The van der Waals surface area contributed by atoms with E-state index in [0.717, 1.165) is 0 Å². The Morgan fingerprint density at radius 2 is 2.00 bits per heavy atom. The van der Waals surface area contributed by atoms with Crippen LogP contribution in [0.1, 0.15) is 37.6 Å². The second kappa shape index (κ2) is 4.53. The molecule has 1 aliphatic heterocycles. The Kier molecular flexibility index (Phi) is 3.18. The van der Waals surface area contributed by atoms with Crippen LogP contribution in [0.2, 0.25) is 0 Å². The Balaban J connectivity index is 2.38. The molecule has 0 aromatic carbocycles. The molecule has 0 aliphatic carbocycles.